The van der Waals surface area contributed by atoms with Gasteiger partial charge in [-0.1, -0.05) is 6.07 Å². The third-order valence-electron chi connectivity index (χ3n) is 2.07. The molecule has 0 spiro atoms. The van der Waals surface area contributed by atoms with Crippen LogP contribution in [0.25, 0.3) is 5.82 Å². The van der Waals surface area contributed by atoms with Crippen LogP contribution in [0.1, 0.15) is 18.5 Å². The van der Waals surface area contributed by atoms with Crippen molar-refractivity contribution in [1.82, 2.24) is 14.5 Å². The molecule has 1 atom stereocenters. The maximum absolute atomic E-state index is 5.72. The van der Waals surface area contributed by atoms with Gasteiger partial charge in [0.1, 0.15) is 12.1 Å². The molecule has 0 radical (unpaired) electrons. The number of nitrogens with two attached hydrogens (primary N) is 1. The van der Waals surface area contributed by atoms with Crippen LogP contribution in [0.2, 0.25) is 0 Å². The van der Waals surface area contributed by atoms with Gasteiger partial charge in [-0.2, -0.15) is 0 Å². The van der Waals surface area contributed by atoms with E-state index < -0.39 is 0 Å². The van der Waals surface area contributed by atoms with E-state index in [0.29, 0.717) is 0 Å². The monoisotopic (exact) mass is 188 g/mol. The molecule has 2 aromatic rings. The summed E-state index contributed by atoms with van der Waals surface area (Å²) < 4.78 is 1.85. The molecule has 0 aliphatic heterocycles. The standard InChI is InChI=1S/C10H12N4/c1-8(11)9-2-3-10(13-6-9)14-5-4-12-7-14/h2-8H,11H2,1H3/t8-/m1/s1. The lowest BCUT2D eigenvalue weighted by atomic mass is 10.2. The third kappa shape index (κ3) is 1.65. The van der Waals surface area contributed by atoms with Crippen molar-refractivity contribution in [1.29, 1.82) is 0 Å². The maximum Gasteiger partial charge on any atom is 0.137 e. The van der Waals surface area contributed by atoms with E-state index >= 15 is 0 Å². The van der Waals surface area contributed by atoms with Crippen molar-refractivity contribution < 1.29 is 0 Å². The molecule has 0 fully saturated rings. The van der Waals surface area contributed by atoms with Gasteiger partial charge in [0.05, 0.1) is 0 Å². The minimum absolute atomic E-state index is 0.0272. The Labute approximate surface area is 82.4 Å². The van der Waals surface area contributed by atoms with Crippen LogP contribution in [0.5, 0.6) is 0 Å². The molecule has 72 valence electrons. The number of pyridine rings is 1. The van der Waals surface area contributed by atoms with Gasteiger partial charge >= 0.3 is 0 Å². The van der Waals surface area contributed by atoms with Crippen molar-refractivity contribution in [2.45, 2.75) is 13.0 Å². The molecular formula is C10H12N4. The van der Waals surface area contributed by atoms with Gasteiger partial charge in [0.15, 0.2) is 0 Å². The average molecular weight is 188 g/mol. The summed E-state index contributed by atoms with van der Waals surface area (Å²) in [6.45, 7) is 1.94. The second-order valence-electron chi connectivity index (χ2n) is 3.21. The van der Waals surface area contributed by atoms with Crippen LogP contribution in [-0.2, 0) is 0 Å². The second-order valence-corrected chi connectivity index (χ2v) is 3.21. The predicted octanol–water partition coefficient (Wildman–Crippen LogP) is 1.29. The van der Waals surface area contributed by atoms with Crippen LogP contribution < -0.4 is 5.73 Å². The van der Waals surface area contributed by atoms with Crippen molar-refractivity contribution >= 4 is 0 Å². The van der Waals surface area contributed by atoms with E-state index in [2.05, 4.69) is 9.97 Å². The summed E-state index contributed by atoms with van der Waals surface area (Å²) in [5, 5.41) is 0. The third-order valence-corrected chi connectivity index (χ3v) is 2.07. The van der Waals surface area contributed by atoms with Gasteiger partial charge in [0, 0.05) is 24.6 Å². The molecule has 2 aromatic heterocycles. The van der Waals surface area contributed by atoms with Gasteiger partial charge in [0.2, 0.25) is 0 Å². The van der Waals surface area contributed by atoms with Crippen LogP contribution in [0.4, 0.5) is 0 Å². The predicted molar refractivity (Wildman–Crippen MR) is 54.0 cm³/mol. The van der Waals surface area contributed by atoms with Gasteiger partial charge in [-0.05, 0) is 18.6 Å². The van der Waals surface area contributed by atoms with Crippen molar-refractivity contribution in [2.24, 2.45) is 5.73 Å². The molecule has 2 N–H and O–H groups in total. The first-order valence-electron chi connectivity index (χ1n) is 4.47. The smallest absolute Gasteiger partial charge is 0.137 e. The normalized spacial score (nSPS) is 12.7. The summed E-state index contributed by atoms with van der Waals surface area (Å²) in [5.41, 5.74) is 6.76. The van der Waals surface area contributed by atoms with Gasteiger partial charge in [0.25, 0.3) is 0 Å². The Hall–Kier alpha value is -1.68. The summed E-state index contributed by atoms with van der Waals surface area (Å²) in [4.78, 5) is 8.24. The summed E-state index contributed by atoms with van der Waals surface area (Å²) >= 11 is 0. The first kappa shape index (κ1) is 8.90. The zero-order valence-electron chi connectivity index (χ0n) is 7.96. The molecule has 4 heteroatoms. The van der Waals surface area contributed by atoms with Crippen LogP contribution in [-0.4, -0.2) is 14.5 Å². The van der Waals surface area contributed by atoms with Gasteiger partial charge in [-0.3, -0.25) is 4.57 Å². The molecule has 4 nitrogen and oxygen atoms in total. The van der Waals surface area contributed by atoms with Crippen molar-refractivity contribution in [3.63, 3.8) is 0 Å². The van der Waals surface area contributed by atoms with Crippen LogP contribution in [0, 0.1) is 0 Å². The first-order chi connectivity index (χ1) is 6.77. The van der Waals surface area contributed by atoms with Crippen LogP contribution >= 0.6 is 0 Å². The van der Waals surface area contributed by atoms with Crippen molar-refractivity contribution in [2.75, 3.05) is 0 Å². The topological polar surface area (TPSA) is 56.7 Å². The van der Waals surface area contributed by atoms with Gasteiger partial charge in [-0.25, -0.2) is 9.97 Å². The number of hydrogen-bond acceptors (Lipinski definition) is 3. The number of hydrogen-bond donors (Lipinski definition) is 1. The average Bonchev–Trinajstić information content (AvgIpc) is 2.71. The van der Waals surface area contributed by atoms with E-state index in [1.807, 2.05) is 29.8 Å². The van der Waals surface area contributed by atoms with E-state index in [-0.39, 0.29) is 6.04 Å². The number of aromatic nitrogens is 3. The largest absolute Gasteiger partial charge is 0.324 e. The molecule has 0 aromatic carbocycles. The van der Waals surface area contributed by atoms with Crippen molar-refractivity contribution in [3.05, 3.63) is 42.6 Å². The van der Waals surface area contributed by atoms with E-state index in [1.165, 1.54) is 0 Å². The van der Waals surface area contributed by atoms with Gasteiger partial charge in [-0.15, -0.1) is 0 Å². The van der Waals surface area contributed by atoms with Crippen LogP contribution in [0.3, 0.4) is 0 Å². The zero-order valence-corrected chi connectivity index (χ0v) is 7.96. The molecular weight excluding hydrogens is 176 g/mol. The number of imidazole rings is 1. The fourth-order valence-corrected chi connectivity index (χ4v) is 1.21. The lowest BCUT2D eigenvalue weighted by molar-refractivity contribution is 0.808. The molecule has 0 unspecified atom stereocenters. The minimum Gasteiger partial charge on any atom is -0.324 e. The second kappa shape index (κ2) is 3.59. The molecule has 0 amide bonds. The first-order valence-corrected chi connectivity index (χ1v) is 4.47. The Bertz CT molecular complexity index is 389. The highest BCUT2D eigenvalue weighted by Gasteiger charge is 2.00. The lowest BCUT2D eigenvalue weighted by Crippen LogP contribution is -2.06. The fraction of sp³-hybridized carbons (Fsp3) is 0.200. The highest BCUT2D eigenvalue weighted by molar-refractivity contribution is 5.26. The molecule has 14 heavy (non-hydrogen) atoms. The summed E-state index contributed by atoms with van der Waals surface area (Å²) in [7, 11) is 0. The molecule has 0 bridgehead atoms. The quantitative estimate of drug-likeness (QED) is 0.772. The Morgan fingerprint density at radius 3 is 2.79 bits per heavy atom. The SMILES string of the molecule is C[C@@H](N)c1ccc(-n2ccnc2)nc1. The molecule has 0 saturated heterocycles. The fourth-order valence-electron chi connectivity index (χ4n) is 1.21. The van der Waals surface area contributed by atoms with Crippen molar-refractivity contribution in [3.8, 4) is 5.82 Å². The highest BCUT2D eigenvalue weighted by Crippen LogP contribution is 2.10. The summed E-state index contributed by atoms with van der Waals surface area (Å²) in [5.74, 6) is 0.854. The molecule has 2 heterocycles. The minimum atomic E-state index is 0.0272. The Kier molecular flexibility index (Phi) is 2.28. The number of nitrogens with zero attached hydrogens (tertiary/aromatic N) is 3. The summed E-state index contributed by atoms with van der Waals surface area (Å²) in [6.07, 6.45) is 7.09. The Morgan fingerprint density at radius 1 is 1.43 bits per heavy atom. The van der Waals surface area contributed by atoms with Crippen LogP contribution in [0.15, 0.2) is 37.1 Å². The molecule has 0 aliphatic rings. The van der Waals surface area contributed by atoms with Gasteiger partial charge < -0.3 is 5.73 Å². The Morgan fingerprint density at radius 2 is 2.29 bits per heavy atom. The van der Waals surface area contributed by atoms with E-state index in [9.17, 15) is 0 Å². The Balaban J connectivity index is 2.31. The maximum atomic E-state index is 5.72. The summed E-state index contributed by atoms with van der Waals surface area (Å²) in [6, 6.07) is 3.94. The molecule has 2 rings (SSSR count). The number of rotatable bonds is 2. The van der Waals surface area contributed by atoms with E-state index in [0.717, 1.165) is 11.4 Å². The zero-order chi connectivity index (χ0) is 9.97. The van der Waals surface area contributed by atoms with E-state index in [4.69, 9.17) is 5.73 Å². The highest BCUT2D eigenvalue weighted by atomic mass is 15.1. The molecule has 0 saturated carbocycles. The molecule has 0 aliphatic carbocycles. The lowest BCUT2D eigenvalue weighted by Gasteiger charge is -2.06. The van der Waals surface area contributed by atoms with E-state index in [1.54, 1.807) is 18.7 Å².